The molecule has 0 saturated carbocycles. The van der Waals surface area contributed by atoms with Crippen LogP contribution in [0.2, 0.25) is 0 Å². The van der Waals surface area contributed by atoms with Gasteiger partial charge in [-0.15, -0.1) is 0 Å². The van der Waals surface area contributed by atoms with Gasteiger partial charge in [-0.1, -0.05) is 66.7 Å². The van der Waals surface area contributed by atoms with Gasteiger partial charge in [0.15, 0.2) is 0 Å². The summed E-state index contributed by atoms with van der Waals surface area (Å²) in [5.74, 6) is 0.333. The van der Waals surface area contributed by atoms with Gasteiger partial charge in [-0.2, -0.15) is 16.5 Å². The van der Waals surface area contributed by atoms with Crippen LogP contribution < -0.4 is 4.72 Å². The van der Waals surface area contributed by atoms with E-state index < -0.39 is 22.0 Å². The highest BCUT2D eigenvalue weighted by atomic mass is 32.2. The number of rotatable bonds is 8. The van der Waals surface area contributed by atoms with E-state index in [1.807, 2.05) is 48.5 Å². The molecule has 0 aliphatic rings. The van der Waals surface area contributed by atoms with Crippen molar-refractivity contribution in [3.05, 3.63) is 78.4 Å². The third-order valence-corrected chi connectivity index (χ3v) is 6.85. The van der Waals surface area contributed by atoms with Gasteiger partial charge in [-0.25, -0.2) is 8.42 Å². The Morgan fingerprint density at radius 2 is 1.68 bits per heavy atom. The minimum absolute atomic E-state index is 0.146. The Morgan fingerprint density at radius 1 is 1.00 bits per heavy atom. The fourth-order valence-corrected chi connectivity index (χ4v) is 5.36. The van der Waals surface area contributed by atoms with E-state index in [0.29, 0.717) is 11.1 Å². The van der Waals surface area contributed by atoms with Gasteiger partial charge in [-0.3, -0.25) is 4.79 Å². The van der Waals surface area contributed by atoms with Gasteiger partial charge in [0.2, 0.25) is 10.0 Å². The maximum atomic E-state index is 13.0. The van der Waals surface area contributed by atoms with Gasteiger partial charge in [-0.05, 0) is 17.0 Å². The molecule has 7 heteroatoms. The summed E-state index contributed by atoms with van der Waals surface area (Å²) in [7, 11) is -2.65. The lowest BCUT2D eigenvalue weighted by molar-refractivity contribution is -0.141. The summed E-state index contributed by atoms with van der Waals surface area (Å²) in [5, 5.41) is 1.43. The molecule has 0 aliphatic heterocycles. The second-order valence-electron chi connectivity index (χ2n) is 6.18. The molecule has 0 bridgehead atoms. The molecule has 3 aromatic rings. The normalized spacial score (nSPS) is 12.6. The lowest BCUT2D eigenvalue weighted by Gasteiger charge is -2.17. The highest BCUT2D eigenvalue weighted by molar-refractivity contribution is 7.98. The van der Waals surface area contributed by atoms with E-state index >= 15 is 0 Å². The number of ether oxygens (including phenoxy) is 1. The maximum absolute atomic E-state index is 13.0. The summed E-state index contributed by atoms with van der Waals surface area (Å²) in [5.41, 5.74) is 1.10. The number of nitrogens with one attached hydrogen (secondary N) is 1. The predicted molar refractivity (Wildman–Crippen MR) is 113 cm³/mol. The minimum atomic E-state index is -3.90. The number of fused-ring (bicyclic) bond motifs is 1. The molecule has 0 fully saturated rings. The Bertz CT molecular complexity index is 1050. The van der Waals surface area contributed by atoms with Crippen LogP contribution >= 0.6 is 11.8 Å². The summed E-state index contributed by atoms with van der Waals surface area (Å²) in [6, 6.07) is 21.1. The molecule has 0 spiro atoms. The van der Waals surface area contributed by atoms with E-state index in [0.717, 1.165) is 10.9 Å². The van der Waals surface area contributed by atoms with Gasteiger partial charge in [0.25, 0.3) is 0 Å². The van der Waals surface area contributed by atoms with E-state index in [2.05, 4.69) is 4.72 Å². The molecule has 3 rings (SSSR count). The van der Waals surface area contributed by atoms with Crippen molar-refractivity contribution in [2.75, 3.05) is 12.9 Å². The molecule has 0 amide bonds. The van der Waals surface area contributed by atoms with E-state index in [1.165, 1.54) is 24.9 Å². The number of carbonyl (C=O) groups is 1. The van der Waals surface area contributed by atoms with Crippen LogP contribution in [0.3, 0.4) is 0 Å². The molecule has 28 heavy (non-hydrogen) atoms. The lowest BCUT2D eigenvalue weighted by Crippen LogP contribution is -2.43. The van der Waals surface area contributed by atoms with Crippen molar-refractivity contribution in [1.29, 1.82) is 0 Å². The zero-order valence-corrected chi connectivity index (χ0v) is 17.0. The van der Waals surface area contributed by atoms with Crippen LogP contribution in [-0.4, -0.2) is 33.3 Å². The Hall–Kier alpha value is -2.35. The SMILES string of the molecule is COC(=O)C(CSCc1ccccc1)NS(=O)(=O)c1cccc2ccccc12. The predicted octanol–water partition coefficient (Wildman–Crippen LogP) is 3.59. The first-order valence-electron chi connectivity index (χ1n) is 8.71. The average molecular weight is 416 g/mol. The van der Waals surface area contributed by atoms with Crippen molar-refractivity contribution in [2.45, 2.75) is 16.7 Å². The van der Waals surface area contributed by atoms with Crippen molar-refractivity contribution in [1.82, 2.24) is 4.72 Å². The molecule has 3 aromatic carbocycles. The largest absolute Gasteiger partial charge is 0.468 e. The van der Waals surface area contributed by atoms with Gasteiger partial charge in [0.05, 0.1) is 12.0 Å². The Kier molecular flexibility index (Phi) is 6.72. The smallest absolute Gasteiger partial charge is 0.324 e. The van der Waals surface area contributed by atoms with E-state index in [1.54, 1.807) is 18.2 Å². The summed E-state index contributed by atoms with van der Waals surface area (Å²) in [6.45, 7) is 0. The number of benzene rings is 3. The van der Waals surface area contributed by atoms with Crippen LogP contribution in [0, 0.1) is 0 Å². The summed E-state index contributed by atoms with van der Waals surface area (Å²) < 4.78 is 33.3. The molecule has 0 heterocycles. The van der Waals surface area contributed by atoms with E-state index in [9.17, 15) is 13.2 Å². The molecule has 5 nitrogen and oxygen atoms in total. The number of thioether (sulfide) groups is 1. The number of hydrogen-bond acceptors (Lipinski definition) is 5. The summed E-state index contributed by atoms with van der Waals surface area (Å²) in [6.07, 6.45) is 0. The third-order valence-electron chi connectivity index (χ3n) is 4.22. The zero-order valence-electron chi connectivity index (χ0n) is 15.4. The minimum Gasteiger partial charge on any atom is -0.468 e. The first kappa shape index (κ1) is 20.4. The van der Waals surface area contributed by atoms with E-state index in [4.69, 9.17) is 4.74 Å². The fraction of sp³-hybridized carbons (Fsp3) is 0.190. The highest BCUT2D eigenvalue weighted by Crippen LogP contribution is 2.23. The van der Waals surface area contributed by atoms with Crippen LogP contribution in [0.5, 0.6) is 0 Å². The average Bonchev–Trinajstić information content (AvgIpc) is 2.72. The molecule has 1 N–H and O–H groups in total. The number of hydrogen-bond donors (Lipinski definition) is 1. The summed E-state index contributed by atoms with van der Waals surface area (Å²) >= 11 is 1.47. The van der Waals surface area contributed by atoms with Crippen molar-refractivity contribution < 1.29 is 17.9 Å². The molecule has 0 saturated heterocycles. The monoisotopic (exact) mass is 415 g/mol. The summed E-state index contributed by atoms with van der Waals surface area (Å²) in [4.78, 5) is 12.3. The standard InChI is InChI=1S/C21H21NO4S2/c1-26-21(23)19(15-27-14-16-8-3-2-4-9-16)22-28(24,25)20-13-7-11-17-10-5-6-12-18(17)20/h2-13,19,22H,14-15H2,1H3. The third kappa shape index (κ3) is 4.92. The highest BCUT2D eigenvalue weighted by Gasteiger charge is 2.27. The molecule has 1 atom stereocenters. The topological polar surface area (TPSA) is 72.5 Å². The van der Waals surface area contributed by atoms with Crippen molar-refractivity contribution in [3.8, 4) is 0 Å². The number of methoxy groups -OCH3 is 1. The second-order valence-corrected chi connectivity index (χ2v) is 8.89. The van der Waals surface area contributed by atoms with Gasteiger partial charge >= 0.3 is 5.97 Å². The maximum Gasteiger partial charge on any atom is 0.324 e. The molecular weight excluding hydrogens is 394 g/mol. The number of sulfonamides is 1. The first-order valence-corrected chi connectivity index (χ1v) is 11.3. The molecule has 146 valence electrons. The number of esters is 1. The van der Waals surface area contributed by atoms with Crippen molar-refractivity contribution in [2.24, 2.45) is 0 Å². The van der Waals surface area contributed by atoms with Crippen molar-refractivity contribution in [3.63, 3.8) is 0 Å². The Labute approximate surface area is 169 Å². The lowest BCUT2D eigenvalue weighted by atomic mass is 10.1. The molecule has 1 unspecified atom stereocenters. The van der Waals surface area contributed by atoms with Gasteiger partial charge in [0, 0.05) is 16.9 Å². The van der Waals surface area contributed by atoms with E-state index in [-0.39, 0.29) is 10.6 Å². The first-order chi connectivity index (χ1) is 13.5. The fourth-order valence-electron chi connectivity index (χ4n) is 2.84. The van der Waals surface area contributed by atoms with Crippen LogP contribution in [-0.2, 0) is 25.3 Å². The Morgan fingerprint density at radius 3 is 2.43 bits per heavy atom. The van der Waals surface area contributed by atoms with Gasteiger partial charge < -0.3 is 4.74 Å². The van der Waals surface area contributed by atoms with Gasteiger partial charge in [0.1, 0.15) is 6.04 Å². The second kappa shape index (κ2) is 9.23. The molecular formula is C21H21NO4S2. The van der Waals surface area contributed by atoms with Crippen molar-refractivity contribution >= 4 is 38.5 Å². The van der Waals surface area contributed by atoms with Crippen LogP contribution in [0.15, 0.2) is 77.7 Å². The zero-order chi connectivity index (χ0) is 20.0. The molecule has 0 aromatic heterocycles. The Balaban J connectivity index is 1.78. The van der Waals surface area contributed by atoms with Crippen LogP contribution in [0.4, 0.5) is 0 Å². The molecule has 0 aliphatic carbocycles. The van der Waals surface area contributed by atoms with Crippen LogP contribution in [0.25, 0.3) is 10.8 Å². The van der Waals surface area contributed by atoms with Crippen LogP contribution in [0.1, 0.15) is 5.56 Å². The quantitative estimate of drug-likeness (QED) is 0.569. The molecule has 0 radical (unpaired) electrons. The number of carbonyl (C=O) groups excluding carboxylic acids is 1.